The van der Waals surface area contributed by atoms with Crippen LogP contribution in [0.3, 0.4) is 0 Å². The van der Waals surface area contributed by atoms with E-state index < -0.39 is 17.3 Å². The van der Waals surface area contributed by atoms with Crippen molar-refractivity contribution in [2.75, 3.05) is 7.11 Å². The standard InChI is InChI=1S/C23H22Cl2FNO3/c1-12-9-18(25)16(13-3-4-17(24)19(26)10-13)11-15(12)20-21(28)23(27-22(20)29)7-5-14(30-2)6-8-23/h3-4,9-11,14,20H,5-8H2,1-2H3,(H,27,29). The zero-order chi connectivity index (χ0) is 21.6. The van der Waals surface area contributed by atoms with Gasteiger partial charge in [0.05, 0.1) is 16.7 Å². The van der Waals surface area contributed by atoms with Crippen LogP contribution >= 0.6 is 23.2 Å². The van der Waals surface area contributed by atoms with Gasteiger partial charge in [-0.25, -0.2) is 4.39 Å². The summed E-state index contributed by atoms with van der Waals surface area (Å²) in [5, 5.41) is 3.41. The average molecular weight is 450 g/mol. The first-order valence-corrected chi connectivity index (χ1v) is 10.7. The maximum absolute atomic E-state index is 14.0. The number of carbonyl (C=O) groups is 2. The minimum Gasteiger partial charge on any atom is -0.381 e. The van der Waals surface area contributed by atoms with Crippen molar-refractivity contribution in [3.05, 3.63) is 57.3 Å². The molecule has 30 heavy (non-hydrogen) atoms. The van der Waals surface area contributed by atoms with Gasteiger partial charge in [-0.1, -0.05) is 29.3 Å². The molecule has 0 bridgehead atoms. The molecule has 1 spiro atoms. The van der Waals surface area contributed by atoms with E-state index in [1.165, 1.54) is 12.1 Å². The smallest absolute Gasteiger partial charge is 0.235 e. The lowest BCUT2D eigenvalue weighted by atomic mass is 9.75. The Labute approximate surface area is 184 Å². The normalized spacial score (nSPS) is 26.3. The number of methoxy groups -OCH3 is 1. The second-order valence-electron chi connectivity index (χ2n) is 8.12. The number of Topliss-reactive ketones (excluding diaryl/α,β-unsaturated/α-hetero) is 1. The van der Waals surface area contributed by atoms with E-state index in [4.69, 9.17) is 27.9 Å². The predicted octanol–water partition coefficient (Wildman–Crippen LogP) is 5.22. The highest BCUT2D eigenvalue weighted by atomic mass is 35.5. The number of rotatable bonds is 3. The summed E-state index contributed by atoms with van der Waals surface area (Å²) in [6.45, 7) is 1.82. The molecule has 1 aliphatic heterocycles. The molecule has 1 atom stereocenters. The SMILES string of the molecule is COC1CCC2(CC1)NC(=O)C(c1cc(-c3ccc(Cl)c(F)c3)c(Cl)cc1C)C2=O. The van der Waals surface area contributed by atoms with Crippen LogP contribution < -0.4 is 5.32 Å². The molecular formula is C23H22Cl2FNO3. The summed E-state index contributed by atoms with van der Waals surface area (Å²) in [5.74, 6) is -1.87. The first-order chi connectivity index (χ1) is 14.3. The Morgan fingerprint density at radius 2 is 1.80 bits per heavy atom. The first kappa shape index (κ1) is 21.3. The van der Waals surface area contributed by atoms with E-state index in [-0.39, 0.29) is 22.8 Å². The Kier molecular flexibility index (Phi) is 5.64. The lowest BCUT2D eigenvalue weighted by Crippen LogP contribution is -2.50. The summed E-state index contributed by atoms with van der Waals surface area (Å²) >= 11 is 12.2. The highest BCUT2D eigenvalue weighted by Gasteiger charge is 2.54. The Balaban J connectivity index is 1.72. The summed E-state index contributed by atoms with van der Waals surface area (Å²) in [5.41, 5.74) is 1.59. The molecule has 1 amide bonds. The van der Waals surface area contributed by atoms with Gasteiger partial charge in [-0.05, 0) is 73.6 Å². The Morgan fingerprint density at radius 3 is 2.43 bits per heavy atom. The van der Waals surface area contributed by atoms with Crippen LogP contribution in [0, 0.1) is 12.7 Å². The van der Waals surface area contributed by atoms with Gasteiger partial charge < -0.3 is 10.1 Å². The van der Waals surface area contributed by atoms with Crippen molar-refractivity contribution >= 4 is 34.9 Å². The minimum absolute atomic E-state index is 0.0150. The van der Waals surface area contributed by atoms with Crippen LogP contribution in [0.2, 0.25) is 10.0 Å². The minimum atomic E-state index is -0.905. The maximum Gasteiger partial charge on any atom is 0.235 e. The van der Waals surface area contributed by atoms with Gasteiger partial charge in [0.15, 0.2) is 5.78 Å². The molecule has 4 nitrogen and oxygen atoms in total. The van der Waals surface area contributed by atoms with Gasteiger partial charge in [0.1, 0.15) is 11.7 Å². The van der Waals surface area contributed by atoms with Crippen molar-refractivity contribution in [3.63, 3.8) is 0 Å². The summed E-state index contributed by atoms with van der Waals surface area (Å²) < 4.78 is 19.4. The molecule has 7 heteroatoms. The van der Waals surface area contributed by atoms with Gasteiger partial charge >= 0.3 is 0 Å². The maximum atomic E-state index is 14.0. The third-order valence-corrected chi connectivity index (χ3v) is 6.99. The van der Waals surface area contributed by atoms with E-state index in [0.717, 1.165) is 18.4 Å². The molecule has 1 heterocycles. The number of nitrogens with one attached hydrogen (secondary N) is 1. The molecule has 0 radical (unpaired) electrons. The average Bonchev–Trinajstić information content (AvgIpc) is 2.95. The van der Waals surface area contributed by atoms with Crippen LogP contribution in [-0.2, 0) is 14.3 Å². The van der Waals surface area contributed by atoms with Crippen molar-refractivity contribution in [2.24, 2.45) is 0 Å². The molecule has 2 aromatic rings. The number of hydrogen-bond donors (Lipinski definition) is 1. The molecule has 4 rings (SSSR count). The summed E-state index contributed by atoms with van der Waals surface area (Å²) in [7, 11) is 1.67. The number of carbonyl (C=O) groups excluding carboxylic acids is 2. The van der Waals surface area contributed by atoms with Crippen LogP contribution in [0.25, 0.3) is 11.1 Å². The molecule has 1 unspecified atom stereocenters. The molecule has 1 N–H and O–H groups in total. The number of benzene rings is 2. The van der Waals surface area contributed by atoms with Gasteiger partial charge in [-0.15, -0.1) is 0 Å². The Hall–Kier alpha value is -1.95. The number of halogens is 3. The molecule has 1 saturated carbocycles. The summed E-state index contributed by atoms with van der Waals surface area (Å²) in [6.07, 6.45) is 2.69. The second kappa shape index (κ2) is 7.95. The van der Waals surface area contributed by atoms with Crippen LogP contribution in [0.1, 0.15) is 42.7 Å². The Morgan fingerprint density at radius 1 is 1.10 bits per heavy atom. The highest BCUT2D eigenvalue weighted by Crippen LogP contribution is 2.42. The van der Waals surface area contributed by atoms with Crippen LogP contribution in [0.15, 0.2) is 30.3 Å². The van der Waals surface area contributed by atoms with Gasteiger partial charge in [0.25, 0.3) is 0 Å². The van der Waals surface area contributed by atoms with Gasteiger partial charge in [-0.2, -0.15) is 0 Å². The topological polar surface area (TPSA) is 55.4 Å². The molecule has 1 saturated heterocycles. The third-order valence-electron chi connectivity index (χ3n) is 6.38. The second-order valence-corrected chi connectivity index (χ2v) is 8.94. The largest absolute Gasteiger partial charge is 0.381 e. The predicted molar refractivity (Wildman–Crippen MR) is 114 cm³/mol. The molecule has 2 aromatic carbocycles. The van der Waals surface area contributed by atoms with Crippen molar-refractivity contribution in [3.8, 4) is 11.1 Å². The summed E-state index contributed by atoms with van der Waals surface area (Å²) in [4.78, 5) is 26.4. The lowest BCUT2D eigenvalue weighted by molar-refractivity contribution is -0.126. The first-order valence-electron chi connectivity index (χ1n) is 9.90. The lowest BCUT2D eigenvalue weighted by Gasteiger charge is -2.35. The van der Waals surface area contributed by atoms with E-state index in [1.54, 1.807) is 25.3 Å². The zero-order valence-corrected chi connectivity index (χ0v) is 18.2. The number of hydrogen-bond acceptors (Lipinski definition) is 3. The molecule has 2 aliphatic rings. The molecule has 2 fully saturated rings. The number of aryl methyl sites for hydroxylation is 1. The van der Waals surface area contributed by atoms with Crippen molar-refractivity contribution < 1.29 is 18.7 Å². The van der Waals surface area contributed by atoms with Crippen LogP contribution in [0.4, 0.5) is 4.39 Å². The zero-order valence-electron chi connectivity index (χ0n) is 16.7. The van der Waals surface area contributed by atoms with Crippen LogP contribution in [-0.4, -0.2) is 30.4 Å². The monoisotopic (exact) mass is 449 g/mol. The van der Waals surface area contributed by atoms with Gasteiger partial charge in [0.2, 0.25) is 5.91 Å². The number of amides is 1. The van der Waals surface area contributed by atoms with E-state index in [2.05, 4.69) is 5.32 Å². The number of ether oxygens (including phenoxy) is 1. The van der Waals surface area contributed by atoms with Crippen molar-refractivity contribution in [2.45, 2.75) is 50.2 Å². The van der Waals surface area contributed by atoms with E-state index in [9.17, 15) is 14.0 Å². The van der Waals surface area contributed by atoms with Crippen LogP contribution in [0.5, 0.6) is 0 Å². The molecule has 0 aromatic heterocycles. The third kappa shape index (κ3) is 3.53. The fourth-order valence-corrected chi connectivity index (χ4v) is 5.07. The fourth-order valence-electron chi connectivity index (χ4n) is 4.62. The summed E-state index contributed by atoms with van der Waals surface area (Å²) in [6, 6.07) is 7.86. The van der Waals surface area contributed by atoms with Crippen molar-refractivity contribution in [1.29, 1.82) is 0 Å². The molecule has 1 aliphatic carbocycles. The van der Waals surface area contributed by atoms with E-state index >= 15 is 0 Å². The van der Waals surface area contributed by atoms with Crippen molar-refractivity contribution in [1.82, 2.24) is 5.32 Å². The molecule has 158 valence electrons. The quantitative estimate of drug-likeness (QED) is 0.653. The van der Waals surface area contributed by atoms with E-state index in [1.807, 2.05) is 6.92 Å². The fraction of sp³-hybridized carbons (Fsp3) is 0.391. The van der Waals surface area contributed by atoms with Gasteiger partial charge in [0, 0.05) is 17.7 Å². The number of ketones is 1. The van der Waals surface area contributed by atoms with Gasteiger partial charge in [-0.3, -0.25) is 9.59 Å². The Bertz CT molecular complexity index is 1030. The van der Waals surface area contributed by atoms with E-state index in [0.29, 0.717) is 34.6 Å². The molecular weight excluding hydrogens is 428 g/mol. The highest BCUT2D eigenvalue weighted by molar-refractivity contribution is 6.33.